The van der Waals surface area contributed by atoms with E-state index in [9.17, 15) is 0 Å². The second kappa shape index (κ2) is 8.24. The molecule has 5 heteroatoms. The van der Waals surface area contributed by atoms with Crippen LogP contribution in [0, 0.1) is 5.92 Å². The number of rotatable bonds is 9. The average molecular weight is 232 g/mol. The van der Waals surface area contributed by atoms with Gasteiger partial charge in [0.25, 0.3) is 0 Å². The molecule has 0 aliphatic carbocycles. The lowest BCUT2D eigenvalue weighted by atomic mass is 10.2. The van der Waals surface area contributed by atoms with Gasteiger partial charge in [-0.1, -0.05) is 27.2 Å². The molecule has 92 valence electrons. The summed E-state index contributed by atoms with van der Waals surface area (Å²) in [5.74, 6) is 0.673. The lowest BCUT2D eigenvalue weighted by Crippen LogP contribution is -2.79. The highest BCUT2D eigenvalue weighted by atomic mass is 28.4. The van der Waals surface area contributed by atoms with E-state index in [0.717, 1.165) is 13.1 Å². The molecule has 0 saturated heterocycles. The predicted molar refractivity (Wildman–Crippen MR) is 69.6 cm³/mol. The molecule has 0 aromatic carbocycles. The Morgan fingerprint density at radius 1 is 1.07 bits per heavy atom. The lowest BCUT2D eigenvalue weighted by Gasteiger charge is -2.32. The Morgan fingerprint density at radius 3 is 2.07 bits per heavy atom. The normalized spacial score (nSPS) is 12.4. The van der Waals surface area contributed by atoms with Crippen LogP contribution in [-0.4, -0.2) is 35.9 Å². The van der Waals surface area contributed by atoms with Gasteiger partial charge in [0, 0.05) is 0 Å². The molecule has 0 spiro atoms. The first-order valence-corrected chi connectivity index (χ1v) is 7.98. The van der Waals surface area contributed by atoms with Gasteiger partial charge in [-0.3, -0.25) is 0 Å². The second-order valence-corrected chi connectivity index (χ2v) is 7.51. The lowest BCUT2D eigenvalue weighted by molar-refractivity contribution is 0.594. The van der Waals surface area contributed by atoms with Crippen molar-refractivity contribution in [1.82, 2.24) is 19.9 Å². The number of hydrogen-bond donors (Lipinski definition) is 4. The van der Waals surface area contributed by atoms with Gasteiger partial charge < -0.3 is 19.9 Å². The maximum absolute atomic E-state index is 3.60. The maximum Gasteiger partial charge on any atom is 0.365 e. The van der Waals surface area contributed by atoms with Gasteiger partial charge in [0.2, 0.25) is 0 Å². The minimum absolute atomic E-state index is 0.673. The van der Waals surface area contributed by atoms with Gasteiger partial charge in [0.1, 0.15) is 0 Å². The van der Waals surface area contributed by atoms with Crippen molar-refractivity contribution >= 4 is 8.72 Å². The van der Waals surface area contributed by atoms with Gasteiger partial charge in [0.05, 0.1) is 0 Å². The van der Waals surface area contributed by atoms with Gasteiger partial charge in [-0.05, 0) is 39.5 Å². The Hall–Kier alpha value is 0.0569. The highest BCUT2D eigenvalue weighted by Gasteiger charge is 2.30. The minimum Gasteiger partial charge on any atom is -0.303 e. The van der Waals surface area contributed by atoms with E-state index in [1.54, 1.807) is 0 Å². The first-order valence-electron chi connectivity index (χ1n) is 5.98. The molecule has 0 aliphatic rings. The minimum atomic E-state index is -1.84. The monoisotopic (exact) mass is 232 g/mol. The third-order valence-electron chi connectivity index (χ3n) is 2.45. The van der Waals surface area contributed by atoms with E-state index in [1.165, 1.54) is 12.8 Å². The molecule has 0 heterocycles. The molecule has 4 N–H and O–H groups in total. The second-order valence-electron chi connectivity index (χ2n) is 4.31. The van der Waals surface area contributed by atoms with Gasteiger partial charge in [-0.15, -0.1) is 0 Å². The first-order chi connectivity index (χ1) is 7.10. The molecular formula is C10H28N4Si. The summed E-state index contributed by atoms with van der Waals surface area (Å²) >= 11 is 0. The molecule has 0 fully saturated rings. The van der Waals surface area contributed by atoms with E-state index in [0.29, 0.717) is 5.92 Å². The summed E-state index contributed by atoms with van der Waals surface area (Å²) in [7, 11) is 2.17. The van der Waals surface area contributed by atoms with Crippen molar-refractivity contribution < 1.29 is 0 Å². The fourth-order valence-electron chi connectivity index (χ4n) is 1.35. The quantitative estimate of drug-likeness (QED) is 0.345. The fourth-order valence-corrected chi connectivity index (χ4v) is 3.70. The largest absolute Gasteiger partial charge is 0.365 e. The molecule has 0 rings (SSSR count). The number of unbranched alkanes of at least 4 members (excludes halogenated alkanes) is 1. The van der Waals surface area contributed by atoms with E-state index in [1.807, 2.05) is 14.1 Å². The summed E-state index contributed by atoms with van der Waals surface area (Å²) < 4.78 is 0. The average Bonchev–Trinajstić information content (AvgIpc) is 2.23. The molecule has 15 heavy (non-hydrogen) atoms. The summed E-state index contributed by atoms with van der Waals surface area (Å²) in [4.78, 5) is 14.0. The smallest absolute Gasteiger partial charge is 0.303 e. The Kier molecular flexibility index (Phi) is 8.27. The Morgan fingerprint density at radius 2 is 1.67 bits per heavy atom. The van der Waals surface area contributed by atoms with Crippen LogP contribution in [0.5, 0.6) is 0 Å². The van der Waals surface area contributed by atoms with Crippen LogP contribution >= 0.6 is 0 Å². The topological polar surface area (TPSA) is 48.1 Å². The van der Waals surface area contributed by atoms with Crippen molar-refractivity contribution in [3.8, 4) is 0 Å². The Balaban J connectivity index is 4.05. The Labute approximate surface area is 95.9 Å². The summed E-state index contributed by atoms with van der Waals surface area (Å²) in [6, 6.07) is 0. The standard InChI is InChI=1S/C10H28N4Si/c1-6-7-8-13-15(11-4,12-5)14-9-10(2)3/h10-14H,6-9H2,1-5H3. The zero-order chi connectivity index (χ0) is 11.7. The van der Waals surface area contributed by atoms with Crippen molar-refractivity contribution in [3.05, 3.63) is 0 Å². The van der Waals surface area contributed by atoms with Crippen LogP contribution in [-0.2, 0) is 0 Å². The molecule has 0 unspecified atom stereocenters. The summed E-state index contributed by atoms with van der Waals surface area (Å²) in [5, 5.41) is 0. The molecule has 4 nitrogen and oxygen atoms in total. The summed E-state index contributed by atoms with van der Waals surface area (Å²) in [6.45, 7) is 8.76. The zero-order valence-corrected chi connectivity index (χ0v) is 11.9. The van der Waals surface area contributed by atoms with Crippen molar-refractivity contribution in [3.63, 3.8) is 0 Å². The van der Waals surface area contributed by atoms with E-state index < -0.39 is 8.72 Å². The van der Waals surface area contributed by atoms with Gasteiger partial charge in [0.15, 0.2) is 0 Å². The molecule has 0 aliphatic heterocycles. The maximum atomic E-state index is 3.60. The first kappa shape index (κ1) is 15.1. The van der Waals surface area contributed by atoms with E-state index in [2.05, 4.69) is 40.7 Å². The van der Waals surface area contributed by atoms with Crippen LogP contribution in [0.2, 0.25) is 0 Å². The molecule has 0 aromatic heterocycles. The van der Waals surface area contributed by atoms with Gasteiger partial charge >= 0.3 is 8.72 Å². The molecule has 0 amide bonds. The molecular weight excluding hydrogens is 204 g/mol. The summed E-state index contributed by atoms with van der Waals surface area (Å²) in [6.07, 6.45) is 2.45. The summed E-state index contributed by atoms with van der Waals surface area (Å²) in [5.41, 5.74) is 0. The van der Waals surface area contributed by atoms with Crippen molar-refractivity contribution in [2.24, 2.45) is 5.92 Å². The predicted octanol–water partition coefficient (Wildman–Crippen LogP) is 0.496. The third-order valence-corrected chi connectivity index (χ3v) is 5.46. The van der Waals surface area contributed by atoms with Crippen LogP contribution < -0.4 is 19.9 Å². The SMILES string of the molecule is CCCCN[Si](NC)(NC)NCC(C)C. The number of nitrogens with one attached hydrogen (secondary N) is 4. The molecule has 0 atom stereocenters. The zero-order valence-electron chi connectivity index (χ0n) is 10.9. The third kappa shape index (κ3) is 6.27. The molecule has 0 saturated carbocycles. The van der Waals surface area contributed by atoms with Crippen LogP contribution in [0.1, 0.15) is 33.6 Å². The van der Waals surface area contributed by atoms with Crippen molar-refractivity contribution in [2.75, 3.05) is 27.2 Å². The molecule has 0 radical (unpaired) electrons. The fraction of sp³-hybridized carbons (Fsp3) is 1.00. The molecule has 0 aromatic rings. The molecule has 0 bridgehead atoms. The van der Waals surface area contributed by atoms with Crippen LogP contribution in [0.4, 0.5) is 0 Å². The van der Waals surface area contributed by atoms with Crippen molar-refractivity contribution in [1.29, 1.82) is 0 Å². The van der Waals surface area contributed by atoms with Crippen LogP contribution in [0.3, 0.4) is 0 Å². The van der Waals surface area contributed by atoms with Crippen LogP contribution in [0.25, 0.3) is 0 Å². The van der Waals surface area contributed by atoms with Crippen LogP contribution in [0.15, 0.2) is 0 Å². The van der Waals surface area contributed by atoms with Crippen molar-refractivity contribution in [2.45, 2.75) is 33.6 Å². The Bertz CT molecular complexity index is 148. The van der Waals surface area contributed by atoms with E-state index in [4.69, 9.17) is 0 Å². The number of hydrogen-bond acceptors (Lipinski definition) is 4. The highest BCUT2D eigenvalue weighted by molar-refractivity contribution is 6.69. The van der Waals surface area contributed by atoms with Gasteiger partial charge in [-0.25, -0.2) is 0 Å². The van der Waals surface area contributed by atoms with Gasteiger partial charge in [-0.2, -0.15) is 0 Å². The van der Waals surface area contributed by atoms with E-state index in [-0.39, 0.29) is 0 Å². The van der Waals surface area contributed by atoms with E-state index >= 15 is 0 Å². The highest BCUT2D eigenvalue weighted by Crippen LogP contribution is 1.91.